The first-order valence-corrected chi connectivity index (χ1v) is 6.15. The van der Waals surface area contributed by atoms with Crippen molar-refractivity contribution < 1.29 is 0 Å². The minimum atomic E-state index is 0.670. The van der Waals surface area contributed by atoms with Crippen molar-refractivity contribution in [3.63, 3.8) is 0 Å². The van der Waals surface area contributed by atoms with Gasteiger partial charge in [0.05, 0.1) is 11.9 Å². The highest BCUT2D eigenvalue weighted by Gasteiger charge is 1.99. The fourth-order valence-corrected chi connectivity index (χ4v) is 2.44. The quantitative estimate of drug-likeness (QED) is 0.720. The number of hydrogen-bond donors (Lipinski definition) is 2. The van der Waals surface area contributed by atoms with Crippen LogP contribution in [0.2, 0.25) is 0 Å². The van der Waals surface area contributed by atoms with Crippen LogP contribution in [-0.4, -0.2) is 4.98 Å². The van der Waals surface area contributed by atoms with Gasteiger partial charge in [0.1, 0.15) is 5.82 Å². The standard InChI is InChI=1S/C13H11N3S/c14-10-1-4-13(15-8-10)16-11-2-3-12-9(7-11)5-6-17-12/h1-8H,14H2,(H,15,16). The molecule has 3 N–H and O–H groups in total. The first-order valence-electron chi connectivity index (χ1n) is 5.27. The number of aromatic nitrogens is 1. The van der Waals surface area contributed by atoms with Gasteiger partial charge < -0.3 is 11.1 Å². The van der Waals surface area contributed by atoms with E-state index < -0.39 is 0 Å². The lowest BCUT2D eigenvalue weighted by molar-refractivity contribution is 1.31. The maximum absolute atomic E-state index is 5.59. The summed E-state index contributed by atoms with van der Waals surface area (Å²) in [5.41, 5.74) is 7.30. The zero-order chi connectivity index (χ0) is 11.7. The van der Waals surface area contributed by atoms with Gasteiger partial charge in [-0.05, 0) is 47.2 Å². The van der Waals surface area contributed by atoms with Gasteiger partial charge >= 0.3 is 0 Å². The van der Waals surface area contributed by atoms with E-state index in [-0.39, 0.29) is 0 Å². The van der Waals surface area contributed by atoms with Crippen LogP contribution in [0.4, 0.5) is 17.2 Å². The van der Waals surface area contributed by atoms with E-state index >= 15 is 0 Å². The van der Waals surface area contributed by atoms with E-state index in [0.717, 1.165) is 11.5 Å². The van der Waals surface area contributed by atoms with E-state index in [2.05, 4.69) is 39.9 Å². The molecule has 17 heavy (non-hydrogen) atoms. The Labute approximate surface area is 103 Å². The number of nitrogens with zero attached hydrogens (tertiary/aromatic N) is 1. The highest BCUT2D eigenvalue weighted by Crippen LogP contribution is 2.25. The first kappa shape index (κ1) is 10.1. The normalized spacial score (nSPS) is 10.6. The summed E-state index contributed by atoms with van der Waals surface area (Å²) in [6.45, 7) is 0. The Morgan fingerprint density at radius 1 is 1.12 bits per heavy atom. The molecule has 3 aromatic rings. The van der Waals surface area contributed by atoms with Crippen LogP contribution in [0.3, 0.4) is 0 Å². The van der Waals surface area contributed by atoms with Crippen molar-refractivity contribution >= 4 is 38.6 Å². The second-order valence-corrected chi connectivity index (χ2v) is 4.72. The van der Waals surface area contributed by atoms with Crippen molar-refractivity contribution in [2.45, 2.75) is 0 Å². The third kappa shape index (κ3) is 2.07. The van der Waals surface area contributed by atoms with Gasteiger partial charge in [0.15, 0.2) is 0 Å². The third-order valence-corrected chi connectivity index (χ3v) is 3.41. The molecular formula is C13H11N3S. The number of nitrogen functional groups attached to an aromatic ring is 1. The molecule has 0 amide bonds. The van der Waals surface area contributed by atoms with Crippen LogP contribution in [0.25, 0.3) is 10.1 Å². The second-order valence-electron chi connectivity index (χ2n) is 3.77. The van der Waals surface area contributed by atoms with Crippen LogP contribution in [0.15, 0.2) is 48.0 Å². The van der Waals surface area contributed by atoms with E-state index in [9.17, 15) is 0 Å². The second kappa shape index (κ2) is 4.07. The molecule has 0 aliphatic rings. The Hall–Kier alpha value is -2.07. The van der Waals surface area contributed by atoms with Gasteiger partial charge in [-0.15, -0.1) is 11.3 Å². The highest BCUT2D eigenvalue weighted by molar-refractivity contribution is 7.17. The summed E-state index contributed by atoms with van der Waals surface area (Å²) in [4.78, 5) is 4.21. The van der Waals surface area contributed by atoms with Crippen LogP contribution in [-0.2, 0) is 0 Å². The van der Waals surface area contributed by atoms with Crippen LogP contribution in [0.1, 0.15) is 0 Å². The van der Waals surface area contributed by atoms with E-state index in [0.29, 0.717) is 5.69 Å². The zero-order valence-electron chi connectivity index (χ0n) is 9.05. The average Bonchev–Trinajstić information content (AvgIpc) is 2.79. The van der Waals surface area contributed by atoms with Crippen LogP contribution in [0, 0.1) is 0 Å². The van der Waals surface area contributed by atoms with Gasteiger partial charge in [0, 0.05) is 10.4 Å². The molecule has 0 bridgehead atoms. The molecule has 0 saturated carbocycles. The molecule has 3 nitrogen and oxygen atoms in total. The summed E-state index contributed by atoms with van der Waals surface area (Å²) in [5.74, 6) is 0.800. The van der Waals surface area contributed by atoms with Crippen molar-refractivity contribution in [1.29, 1.82) is 0 Å². The van der Waals surface area contributed by atoms with Gasteiger partial charge in [0.2, 0.25) is 0 Å². The molecule has 0 unspecified atom stereocenters. The van der Waals surface area contributed by atoms with Crippen molar-refractivity contribution in [1.82, 2.24) is 4.98 Å². The molecule has 4 heteroatoms. The summed E-state index contributed by atoms with van der Waals surface area (Å²) in [6, 6.07) is 12.1. The van der Waals surface area contributed by atoms with Gasteiger partial charge in [-0.25, -0.2) is 4.98 Å². The minimum Gasteiger partial charge on any atom is -0.397 e. The van der Waals surface area contributed by atoms with E-state index in [4.69, 9.17) is 5.73 Å². The molecule has 0 spiro atoms. The number of benzene rings is 1. The summed E-state index contributed by atoms with van der Waals surface area (Å²) >= 11 is 1.74. The van der Waals surface area contributed by atoms with Crippen molar-refractivity contribution in [3.05, 3.63) is 48.0 Å². The maximum Gasteiger partial charge on any atom is 0.130 e. The van der Waals surface area contributed by atoms with Gasteiger partial charge in [-0.1, -0.05) is 0 Å². The van der Waals surface area contributed by atoms with E-state index in [1.807, 2.05) is 12.1 Å². The number of nitrogens with one attached hydrogen (secondary N) is 1. The largest absolute Gasteiger partial charge is 0.397 e. The summed E-state index contributed by atoms with van der Waals surface area (Å²) in [7, 11) is 0. The summed E-state index contributed by atoms with van der Waals surface area (Å²) in [6.07, 6.45) is 1.64. The lowest BCUT2D eigenvalue weighted by atomic mass is 10.2. The monoisotopic (exact) mass is 241 g/mol. The number of anilines is 3. The number of rotatable bonds is 2. The number of hydrogen-bond acceptors (Lipinski definition) is 4. The molecule has 0 radical (unpaired) electrons. The van der Waals surface area contributed by atoms with Crippen molar-refractivity contribution in [2.75, 3.05) is 11.1 Å². The lowest BCUT2D eigenvalue weighted by Crippen LogP contribution is -1.94. The van der Waals surface area contributed by atoms with E-state index in [1.54, 1.807) is 17.5 Å². The predicted octanol–water partition coefficient (Wildman–Crippen LogP) is 3.62. The molecule has 0 fully saturated rings. The first-order chi connectivity index (χ1) is 8.31. The van der Waals surface area contributed by atoms with Crippen molar-refractivity contribution in [2.24, 2.45) is 0 Å². The molecule has 0 aliphatic heterocycles. The molecule has 84 valence electrons. The zero-order valence-corrected chi connectivity index (χ0v) is 9.87. The molecule has 2 aromatic heterocycles. The van der Waals surface area contributed by atoms with Crippen LogP contribution in [0.5, 0.6) is 0 Å². The Morgan fingerprint density at radius 2 is 2.06 bits per heavy atom. The minimum absolute atomic E-state index is 0.670. The van der Waals surface area contributed by atoms with Gasteiger partial charge in [0.25, 0.3) is 0 Å². The van der Waals surface area contributed by atoms with Crippen LogP contribution >= 0.6 is 11.3 Å². The number of thiophene rings is 1. The predicted molar refractivity (Wildman–Crippen MR) is 73.8 cm³/mol. The molecular weight excluding hydrogens is 230 g/mol. The molecule has 2 heterocycles. The smallest absolute Gasteiger partial charge is 0.130 e. The summed E-state index contributed by atoms with van der Waals surface area (Å²) < 4.78 is 1.29. The molecule has 3 rings (SSSR count). The van der Waals surface area contributed by atoms with Crippen molar-refractivity contribution in [3.8, 4) is 0 Å². The fraction of sp³-hybridized carbons (Fsp3) is 0. The van der Waals surface area contributed by atoms with Gasteiger partial charge in [-0.3, -0.25) is 0 Å². The van der Waals surface area contributed by atoms with E-state index in [1.165, 1.54) is 10.1 Å². The Morgan fingerprint density at radius 3 is 2.88 bits per heavy atom. The Balaban J connectivity index is 1.91. The molecule has 0 atom stereocenters. The van der Waals surface area contributed by atoms with Crippen LogP contribution < -0.4 is 11.1 Å². The topological polar surface area (TPSA) is 50.9 Å². The highest BCUT2D eigenvalue weighted by atomic mass is 32.1. The molecule has 0 saturated heterocycles. The third-order valence-electron chi connectivity index (χ3n) is 2.51. The maximum atomic E-state index is 5.59. The number of nitrogens with two attached hydrogens (primary N) is 1. The summed E-state index contributed by atoms with van der Waals surface area (Å²) in [5, 5.41) is 6.59. The average molecular weight is 241 g/mol. The molecule has 1 aromatic carbocycles. The number of pyridine rings is 1. The Kier molecular flexibility index (Phi) is 2.42. The van der Waals surface area contributed by atoms with Gasteiger partial charge in [-0.2, -0.15) is 0 Å². The number of fused-ring (bicyclic) bond motifs is 1. The fourth-order valence-electron chi connectivity index (χ4n) is 1.67. The lowest BCUT2D eigenvalue weighted by Gasteiger charge is -2.05. The SMILES string of the molecule is Nc1ccc(Nc2ccc3sccc3c2)nc1. The Bertz CT molecular complexity index is 643. The molecule has 0 aliphatic carbocycles.